The van der Waals surface area contributed by atoms with E-state index in [1.54, 1.807) is 0 Å². The third-order valence-electron chi connectivity index (χ3n) is 0.105. The van der Waals surface area contributed by atoms with Crippen molar-refractivity contribution in [2.24, 2.45) is 0 Å². The number of rotatable bonds is 1. The van der Waals surface area contributed by atoms with Crippen molar-refractivity contribution in [1.82, 2.24) is 0 Å². The van der Waals surface area contributed by atoms with Crippen molar-refractivity contribution < 1.29 is 4.79 Å². The van der Waals surface area contributed by atoms with Crippen LogP contribution in [-0.4, -0.2) is 22.8 Å². The minimum absolute atomic E-state index is 0.0957. The van der Waals surface area contributed by atoms with Crippen molar-refractivity contribution >= 4 is 84.3 Å². The fourth-order valence-electron chi connectivity index (χ4n) is 0. The molecule has 0 saturated carbocycles. The summed E-state index contributed by atoms with van der Waals surface area (Å²) in [5, 5.41) is -0.508. The molecule has 0 bridgehead atoms. The van der Waals surface area contributed by atoms with Crippen LogP contribution in [-0.2, 0) is 4.79 Å². The molecular weight excluding hydrogens is 410 g/mol. The zero-order valence-electron chi connectivity index (χ0n) is 4.71. The van der Waals surface area contributed by atoms with Gasteiger partial charge < -0.3 is 0 Å². The van der Waals surface area contributed by atoms with Gasteiger partial charge in [0.2, 0.25) is 5.24 Å². The average Bonchev–Trinajstić information content (AvgIpc) is 1.59. The van der Waals surface area contributed by atoms with Crippen molar-refractivity contribution in [2.75, 3.05) is 5.88 Å². The number of hydrogen-bond donors (Lipinski definition) is 0. The number of alkyl halides is 1. The van der Waals surface area contributed by atoms with Gasteiger partial charge >= 0.3 is 55.8 Å². The van der Waals surface area contributed by atoms with Crippen LogP contribution in [0.25, 0.3) is 0 Å². The summed E-state index contributed by atoms with van der Waals surface area (Å²) in [6.07, 6.45) is 0. The van der Waals surface area contributed by atoms with E-state index in [0.29, 0.717) is 0 Å². The van der Waals surface area contributed by atoms with Crippen LogP contribution in [0.4, 0.5) is 0 Å². The molecule has 0 heterocycles. The summed E-state index contributed by atoms with van der Waals surface area (Å²) in [7, 11) is 25.2. The first kappa shape index (κ1) is 16.0. The number of carbonyl (C=O) groups is 1. The summed E-state index contributed by atoms with van der Waals surface area (Å²) >= 11 is 5.22. The number of carbonyl (C=O) groups excluding carboxylic acids is 1. The first-order valence-electron chi connectivity index (χ1n) is 1.86. The minimum atomic E-state index is -4.33. The van der Waals surface area contributed by atoms with Gasteiger partial charge in [0.25, 0.3) is 0 Å². The fourth-order valence-corrected chi connectivity index (χ4v) is 0. The summed E-state index contributed by atoms with van der Waals surface area (Å²) < 4.78 is 0. The van der Waals surface area contributed by atoms with Gasteiger partial charge in [0.1, 0.15) is 0 Å². The van der Waals surface area contributed by atoms with Crippen LogP contribution in [0.1, 0.15) is 0 Å². The van der Waals surface area contributed by atoms with Crippen molar-refractivity contribution in [3.63, 3.8) is 0 Å². The van der Waals surface area contributed by atoms with E-state index >= 15 is 0 Å². The Morgan fingerprint density at radius 2 is 1.18 bits per heavy atom. The van der Waals surface area contributed by atoms with Crippen LogP contribution in [0.5, 0.6) is 0 Å². The van der Waals surface area contributed by atoms with Crippen LogP contribution < -0.4 is 0 Å². The maximum atomic E-state index is 9.45. The molecule has 0 aromatic carbocycles. The summed E-state index contributed by atoms with van der Waals surface area (Å²) in [6, 6.07) is 0. The Morgan fingerprint density at radius 1 is 1.09 bits per heavy atom. The predicted molar refractivity (Wildman–Crippen MR) is 56.6 cm³/mol. The second-order valence-electron chi connectivity index (χ2n) is 1.13. The molecule has 0 aliphatic rings. The Hall–Kier alpha value is 2.52. The van der Waals surface area contributed by atoms with Crippen LogP contribution >= 0.6 is 67.3 Å². The van der Waals surface area contributed by atoms with Crippen LogP contribution in [0, 0.1) is 0 Å². The molecule has 70 valence electrons. The molecule has 11 heavy (non-hydrogen) atoms. The normalized spacial score (nSPS) is 13.9. The molecule has 0 unspecified atom stereocenters. The molecule has 0 fully saturated rings. The molecule has 0 N–H and O–H groups in total. The number of halogens is 7. The zero-order valence-corrected chi connectivity index (χ0v) is 12.6. The van der Waals surface area contributed by atoms with Gasteiger partial charge in [-0.05, 0) is 11.6 Å². The maximum absolute atomic E-state index is 9.45. The molecule has 1 nitrogen and oxygen atoms in total. The van der Waals surface area contributed by atoms with E-state index < -0.39 is 16.9 Å². The van der Waals surface area contributed by atoms with Crippen molar-refractivity contribution in [3.05, 3.63) is 0 Å². The molecule has 9 heteroatoms. The molecule has 0 aliphatic carbocycles. The molecule has 0 spiro atoms. The van der Waals surface area contributed by atoms with Gasteiger partial charge in [0.05, 0.1) is 5.88 Å². The van der Waals surface area contributed by atoms with E-state index in [2.05, 4.69) is 0 Å². The van der Waals surface area contributed by atoms with E-state index in [9.17, 15) is 4.79 Å². The summed E-state index contributed by atoms with van der Waals surface area (Å²) in [4.78, 5) is 9.45. The summed E-state index contributed by atoms with van der Waals surface area (Å²) in [5.74, 6) is -0.0957. The Bertz CT molecular complexity index is 118. The molecule has 0 atom stereocenters. The third-order valence-corrected chi connectivity index (χ3v) is 0.618. The quantitative estimate of drug-likeness (QED) is 0.361. The fraction of sp³-hybridized carbons (Fsp3) is 0.500. The van der Waals surface area contributed by atoms with Gasteiger partial charge in [-0.2, -0.15) is 0 Å². The van der Waals surface area contributed by atoms with Crippen molar-refractivity contribution in [3.8, 4) is 0 Å². The van der Waals surface area contributed by atoms with Gasteiger partial charge in [-0.3, -0.25) is 4.79 Å². The third kappa shape index (κ3) is 67.8. The molecular formula is C2H2Cl7OSb. The molecule has 0 aliphatic heterocycles. The Kier molecular flexibility index (Phi) is 8.84. The molecule has 0 radical (unpaired) electrons. The standard InChI is InChI=1S/C2H2Cl2O.5ClH.Sb/c3-1-2(4)5;;;;;;/h1H2;5*1H;/q;;;;;;+5/p-5. The van der Waals surface area contributed by atoms with Gasteiger partial charge in [-0.1, -0.05) is 0 Å². The second-order valence-corrected chi connectivity index (χ2v) is 39.7. The summed E-state index contributed by atoms with van der Waals surface area (Å²) in [6.45, 7) is 0. The van der Waals surface area contributed by atoms with E-state index in [1.807, 2.05) is 0 Å². The molecule has 0 aromatic heterocycles. The monoisotopic (exact) mass is 408 g/mol. The average molecular weight is 412 g/mol. The summed E-state index contributed by atoms with van der Waals surface area (Å²) in [5.41, 5.74) is 0. The van der Waals surface area contributed by atoms with Crippen LogP contribution in [0.15, 0.2) is 0 Å². The topological polar surface area (TPSA) is 17.1 Å². The van der Waals surface area contributed by atoms with Gasteiger partial charge in [0, 0.05) is 0 Å². The van der Waals surface area contributed by atoms with Crippen molar-refractivity contribution in [2.45, 2.75) is 0 Å². The zero-order chi connectivity index (χ0) is 9.73. The number of hydrogen-bond acceptors (Lipinski definition) is 1. The van der Waals surface area contributed by atoms with E-state index in [4.69, 9.17) is 67.3 Å². The van der Waals surface area contributed by atoms with Gasteiger partial charge in [-0.15, -0.1) is 11.6 Å². The molecule has 0 aromatic rings. The Morgan fingerprint density at radius 3 is 1.18 bits per heavy atom. The Balaban J connectivity index is 0. The van der Waals surface area contributed by atoms with E-state index in [0.717, 1.165) is 0 Å². The van der Waals surface area contributed by atoms with Crippen molar-refractivity contribution in [1.29, 1.82) is 0 Å². The first-order valence-corrected chi connectivity index (χ1v) is 18.9. The first-order chi connectivity index (χ1) is 4.51. The second kappa shape index (κ2) is 6.09. The predicted octanol–water partition coefficient (Wildman–Crippen LogP) is 4.06. The van der Waals surface area contributed by atoms with E-state index in [1.165, 1.54) is 0 Å². The molecule has 0 amide bonds. The van der Waals surface area contributed by atoms with Crippen LogP contribution in [0.3, 0.4) is 0 Å². The van der Waals surface area contributed by atoms with Gasteiger partial charge in [0.15, 0.2) is 0 Å². The van der Waals surface area contributed by atoms with Gasteiger partial charge in [-0.25, -0.2) is 0 Å². The Labute approximate surface area is 93.6 Å². The van der Waals surface area contributed by atoms with E-state index in [-0.39, 0.29) is 5.88 Å². The molecule has 0 saturated heterocycles. The van der Waals surface area contributed by atoms with Crippen LogP contribution in [0.2, 0.25) is 0 Å². The molecule has 0 rings (SSSR count). The SMILES string of the molecule is O=C(Cl)CCl.[Cl][Sb]([Cl])([Cl])([Cl])[Cl].